The van der Waals surface area contributed by atoms with Crippen LogP contribution < -0.4 is 0 Å². The van der Waals surface area contributed by atoms with Gasteiger partial charge in [-0.1, -0.05) is 36.4 Å². The third kappa shape index (κ3) is 3.01. The van der Waals surface area contributed by atoms with Gasteiger partial charge in [-0.2, -0.15) is 4.31 Å². The zero-order valence-corrected chi connectivity index (χ0v) is 16.2. The molecule has 4 heteroatoms. The van der Waals surface area contributed by atoms with E-state index in [1.54, 1.807) is 16.4 Å². The van der Waals surface area contributed by atoms with Crippen LogP contribution in [0.25, 0.3) is 5.57 Å². The number of piperidine rings is 1. The van der Waals surface area contributed by atoms with Crippen LogP contribution in [-0.2, 0) is 16.4 Å². The van der Waals surface area contributed by atoms with Gasteiger partial charge in [-0.3, -0.25) is 0 Å². The van der Waals surface area contributed by atoms with E-state index in [2.05, 4.69) is 30.3 Å². The van der Waals surface area contributed by atoms with E-state index < -0.39 is 10.0 Å². The Bertz CT molecular complexity index is 967. The Morgan fingerprint density at radius 3 is 2.42 bits per heavy atom. The largest absolute Gasteiger partial charge is 0.243 e. The van der Waals surface area contributed by atoms with Crippen LogP contribution in [0.4, 0.5) is 0 Å². The van der Waals surface area contributed by atoms with E-state index in [4.69, 9.17) is 0 Å². The number of sulfonamides is 1. The van der Waals surface area contributed by atoms with Crippen LogP contribution in [0.1, 0.15) is 35.1 Å². The molecule has 4 rings (SSSR count). The summed E-state index contributed by atoms with van der Waals surface area (Å²) in [5.74, 6) is 0.463. The maximum absolute atomic E-state index is 13.0. The predicted octanol–water partition coefficient (Wildman–Crippen LogP) is 4.34. The highest BCUT2D eigenvalue weighted by Gasteiger charge is 2.32. The molecule has 136 valence electrons. The van der Waals surface area contributed by atoms with Crippen molar-refractivity contribution >= 4 is 15.6 Å². The van der Waals surface area contributed by atoms with E-state index in [9.17, 15) is 8.42 Å². The number of aryl methyl sites for hydroxylation is 2. The fourth-order valence-electron chi connectivity index (χ4n) is 4.13. The van der Waals surface area contributed by atoms with Crippen LogP contribution in [0.3, 0.4) is 0 Å². The van der Waals surface area contributed by atoms with Gasteiger partial charge in [-0.25, -0.2) is 8.42 Å². The van der Waals surface area contributed by atoms with E-state index in [1.165, 1.54) is 16.7 Å². The summed E-state index contributed by atoms with van der Waals surface area (Å²) in [6.07, 6.45) is 5.13. The summed E-state index contributed by atoms with van der Waals surface area (Å²) in [7, 11) is -3.39. The molecule has 3 nitrogen and oxygen atoms in total. The molecule has 0 radical (unpaired) electrons. The maximum atomic E-state index is 13.0. The van der Waals surface area contributed by atoms with Gasteiger partial charge in [0.25, 0.3) is 0 Å². The molecule has 2 aromatic carbocycles. The first kappa shape index (κ1) is 17.5. The SMILES string of the molecule is Cc1ccc(S(=O)(=O)N2CCC(C3=CCc4ccccc43)CC2)cc1C. The molecule has 0 atom stereocenters. The first-order valence-corrected chi connectivity index (χ1v) is 10.8. The number of benzene rings is 2. The lowest BCUT2D eigenvalue weighted by atomic mass is 9.87. The summed E-state index contributed by atoms with van der Waals surface area (Å²) in [6.45, 7) is 5.16. The van der Waals surface area contributed by atoms with Crippen LogP contribution >= 0.6 is 0 Å². The molecule has 0 spiro atoms. The molecule has 0 amide bonds. The molecule has 26 heavy (non-hydrogen) atoms. The number of fused-ring (bicyclic) bond motifs is 1. The fourth-order valence-corrected chi connectivity index (χ4v) is 5.68. The van der Waals surface area contributed by atoms with Crippen molar-refractivity contribution in [1.29, 1.82) is 0 Å². The smallest absolute Gasteiger partial charge is 0.207 e. The second kappa shape index (κ2) is 6.67. The molecule has 1 aliphatic carbocycles. The molecular formula is C22H25NO2S. The van der Waals surface area contributed by atoms with Gasteiger partial charge in [-0.15, -0.1) is 0 Å². The molecule has 0 saturated carbocycles. The molecule has 0 bridgehead atoms. The minimum atomic E-state index is -3.39. The van der Waals surface area contributed by atoms with Crippen LogP contribution in [0.15, 0.2) is 53.4 Å². The molecule has 0 N–H and O–H groups in total. The Morgan fingerprint density at radius 1 is 0.962 bits per heavy atom. The minimum Gasteiger partial charge on any atom is -0.207 e. The van der Waals surface area contributed by atoms with Crippen molar-refractivity contribution in [1.82, 2.24) is 4.31 Å². The summed E-state index contributed by atoms with van der Waals surface area (Å²) in [5, 5.41) is 0. The van der Waals surface area contributed by atoms with E-state index in [0.29, 0.717) is 23.9 Å². The normalized spacial score (nSPS) is 18.6. The highest BCUT2D eigenvalue weighted by atomic mass is 32.2. The lowest BCUT2D eigenvalue weighted by Gasteiger charge is -2.32. The Kier molecular flexibility index (Phi) is 4.49. The lowest BCUT2D eigenvalue weighted by molar-refractivity contribution is 0.311. The second-order valence-corrected chi connectivity index (χ2v) is 9.38. The van der Waals surface area contributed by atoms with Crippen molar-refractivity contribution in [3.05, 3.63) is 70.8 Å². The van der Waals surface area contributed by atoms with Gasteiger partial charge in [0, 0.05) is 13.1 Å². The standard InChI is InChI=1S/C22H25NO2S/c1-16-7-9-20(15-17(16)2)26(24,25)23-13-11-19(12-14-23)22-10-8-18-5-3-4-6-21(18)22/h3-7,9-10,15,19H,8,11-14H2,1-2H3. The van der Waals surface area contributed by atoms with Gasteiger partial charge >= 0.3 is 0 Å². The van der Waals surface area contributed by atoms with Crippen LogP contribution in [0.5, 0.6) is 0 Å². The Labute approximate surface area is 156 Å². The summed E-state index contributed by atoms with van der Waals surface area (Å²) in [6, 6.07) is 14.0. The monoisotopic (exact) mass is 367 g/mol. The van der Waals surface area contributed by atoms with Crippen molar-refractivity contribution in [2.45, 2.75) is 38.0 Å². The predicted molar refractivity (Wildman–Crippen MR) is 106 cm³/mol. The van der Waals surface area contributed by atoms with Gasteiger partial charge < -0.3 is 0 Å². The van der Waals surface area contributed by atoms with E-state index in [-0.39, 0.29) is 0 Å². The van der Waals surface area contributed by atoms with Crippen molar-refractivity contribution in [3.63, 3.8) is 0 Å². The number of allylic oxidation sites excluding steroid dienone is 2. The average molecular weight is 368 g/mol. The van der Waals surface area contributed by atoms with Crippen LogP contribution in [0, 0.1) is 19.8 Å². The zero-order chi connectivity index (χ0) is 18.3. The quantitative estimate of drug-likeness (QED) is 0.809. The molecular weight excluding hydrogens is 342 g/mol. The van der Waals surface area contributed by atoms with Gasteiger partial charge in [-0.05, 0) is 79.0 Å². The van der Waals surface area contributed by atoms with Gasteiger partial charge in [0.2, 0.25) is 10.0 Å². The average Bonchev–Trinajstić information content (AvgIpc) is 3.08. The van der Waals surface area contributed by atoms with Gasteiger partial charge in [0.1, 0.15) is 0 Å². The van der Waals surface area contributed by atoms with Crippen LogP contribution in [-0.4, -0.2) is 25.8 Å². The van der Waals surface area contributed by atoms with Gasteiger partial charge in [0.15, 0.2) is 0 Å². The third-order valence-electron chi connectivity index (χ3n) is 5.88. The summed E-state index contributed by atoms with van der Waals surface area (Å²) < 4.78 is 27.6. The maximum Gasteiger partial charge on any atom is 0.243 e. The van der Waals surface area contributed by atoms with E-state index in [0.717, 1.165) is 30.4 Å². The number of nitrogens with zero attached hydrogens (tertiary/aromatic N) is 1. The highest BCUT2D eigenvalue weighted by molar-refractivity contribution is 7.89. The number of rotatable bonds is 3. The molecule has 0 unspecified atom stereocenters. The first-order valence-electron chi connectivity index (χ1n) is 9.32. The van der Waals surface area contributed by atoms with Crippen molar-refractivity contribution < 1.29 is 8.42 Å². The Balaban J connectivity index is 1.49. The fraction of sp³-hybridized carbons (Fsp3) is 0.364. The minimum absolute atomic E-state index is 0.421. The third-order valence-corrected chi connectivity index (χ3v) is 7.77. The van der Waals surface area contributed by atoms with Crippen LogP contribution in [0.2, 0.25) is 0 Å². The topological polar surface area (TPSA) is 37.4 Å². The summed E-state index contributed by atoms with van der Waals surface area (Å²) in [4.78, 5) is 0.421. The first-order chi connectivity index (χ1) is 12.5. The molecule has 2 aliphatic rings. The number of hydrogen-bond donors (Lipinski definition) is 0. The highest BCUT2D eigenvalue weighted by Crippen LogP contribution is 2.38. The second-order valence-electron chi connectivity index (χ2n) is 7.45. The van der Waals surface area contributed by atoms with Gasteiger partial charge in [0.05, 0.1) is 4.90 Å². The zero-order valence-electron chi connectivity index (χ0n) is 15.4. The molecule has 1 saturated heterocycles. The molecule has 1 heterocycles. The molecule has 1 fully saturated rings. The van der Waals surface area contributed by atoms with E-state index >= 15 is 0 Å². The molecule has 0 aromatic heterocycles. The van der Waals surface area contributed by atoms with Crippen molar-refractivity contribution in [2.75, 3.05) is 13.1 Å². The van der Waals surface area contributed by atoms with Crippen molar-refractivity contribution in [2.24, 2.45) is 5.92 Å². The number of hydrogen-bond acceptors (Lipinski definition) is 2. The van der Waals surface area contributed by atoms with Crippen molar-refractivity contribution in [3.8, 4) is 0 Å². The Morgan fingerprint density at radius 2 is 1.69 bits per heavy atom. The summed E-state index contributed by atoms with van der Waals surface area (Å²) >= 11 is 0. The lowest BCUT2D eigenvalue weighted by Crippen LogP contribution is -2.38. The molecule has 1 aliphatic heterocycles. The molecule has 2 aromatic rings. The summed E-state index contributed by atoms with van der Waals surface area (Å²) in [5.41, 5.74) is 6.32. The van der Waals surface area contributed by atoms with E-state index in [1.807, 2.05) is 19.9 Å². The Hall–Kier alpha value is -1.91.